The number of carbonyl (C=O) groups is 1. The van der Waals surface area contributed by atoms with Gasteiger partial charge in [-0.2, -0.15) is 0 Å². The van der Waals surface area contributed by atoms with Crippen LogP contribution in [0.5, 0.6) is 0 Å². The van der Waals surface area contributed by atoms with Crippen molar-refractivity contribution in [3.05, 3.63) is 39.8 Å². The third-order valence-electron chi connectivity index (χ3n) is 1.81. The van der Waals surface area contributed by atoms with Gasteiger partial charge in [-0.1, -0.05) is 47.7 Å². The van der Waals surface area contributed by atoms with Crippen molar-refractivity contribution in [2.75, 3.05) is 0 Å². The lowest BCUT2D eigenvalue weighted by molar-refractivity contribution is -0.115. The number of hydrogen-bond donors (Lipinski definition) is 1. The van der Waals surface area contributed by atoms with Crippen LogP contribution in [0.25, 0.3) is 6.08 Å². The van der Waals surface area contributed by atoms with Gasteiger partial charge in [-0.15, -0.1) is 0 Å². The van der Waals surface area contributed by atoms with Gasteiger partial charge in [-0.25, -0.2) is 0 Å². The smallest absolute Gasteiger partial charge is 0.263 e. The molecule has 0 unspecified atom stereocenters. The first-order chi connectivity index (χ1) is 7.15. The summed E-state index contributed by atoms with van der Waals surface area (Å²) < 4.78 is 0.500. The molecule has 1 aliphatic rings. The predicted molar refractivity (Wildman–Crippen MR) is 67.8 cm³/mol. The summed E-state index contributed by atoms with van der Waals surface area (Å²) in [5, 5.41) is 3.24. The van der Waals surface area contributed by atoms with Crippen molar-refractivity contribution in [1.29, 1.82) is 0 Å². The van der Waals surface area contributed by atoms with E-state index < -0.39 is 0 Å². The Kier molecular flexibility index (Phi) is 3.09. The van der Waals surface area contributed by atoms with Gasteiger partial charge in [0.05, 0.1) is 4.91 Å². The number of rotatable bonds is 1. The van der Waals surface area contributed by atoms with Crippen LogP contribution in [0.15, 0.2) is 29.2 Å². The fourth-order valence-corrected chi connectivity index (χ4v) is 2.30. The molecule has 2 rings (SSSR count). The minimum Gasteiger partial charge on any atom is -0.307 e. The highest BCUT2D eigenvalue weighted by Crippen LogP contribution is 2.26. The van der Waals surface area contributed by atoms with Crippen LogP contribution in [-0.2, 0) is 4.79 Å². The average Bonchev–Trinajstić information content (AvgIpc) is 2.49. The van der Waals surface area contributed by atoms with Crippen LogP contribution in [0.1, 0.15) is 5.56 Å². The lowest BCUT2D eigenvalue weighted by Gasteiger charge is -1.94. The number of thiocarbonyl (C=S) groups is 1. The van der Waals surface area contributed by atoms with Crippen molar-refractivity contribution in [3.63, 3.8) is 0 Å². The fraction of sp³-hybridized carbons (Fsp3) is 0. The van der Waals surface area contributed by atoms with Gasteiger partial charge < -0.3 is 5.32 Å². The Morgan fingerprint density at radius 1 is 1.33 bits per heavy atom. The second kappa shape index (κ2) is 4.35. The van der Waals surface area contributed by atoms with Gasteiger partial charge in [0.15, 0.2) is 0 Å². The molecule has 1 amide bonds. The molecule has 15 heavy (non-hydrogen) atoms. The zero-order chi connectivity index (χ0) is 10.8. The topological polar surface area (TPSA) is 29.1 Å². The van der Waals surface area contributed by atoms with Crippen LogP contribution in [0.2, 0.25) is 5.02 Å². The van der Waals surface area contributed by atoms with E-state index in [2.05, 4.69) is 5.32 Å². The standard InChI is InChI=1S/C10H6ClNOS2/c11-7-3-1-6(2-4-7)5-8-9(13)12-10(14)15-8/h1-5H,(H,12,13,14)/b8-5+. The lowest BCUT2D eigenvalue weighted by Crippen LogP contribution is -2.17. The highest BCUT2D eigenvalue weighted by molar-refractivity contribution is 8.26. The Hall–Kier alpha value is -0.840. The zero-order valence-corrected chi connectivity index (χ0v) is 9.88. The van der Waals surface area contributed by atoms with Crippen LogP contribution in [0.4, 0.5) is 0 Å². The maximum absolute atomic E-state index is 11.3. The first kappa shape index (κ1) is 10.7. The quantitative estimate of drug-likeness (QED) is 0.618. The monoisotopic (exact) mass is 255 g/mol. The molecule has 0 aliphatic carbocycles. The third-order valence-corrected chi connectivity index (χ3v) is 3.22. The van der Waals surface area contributed by atoms with Crippen LogP contribution in [0, 0.1) is 0 Å². The third kappa shape index (κ3) is 2.59. The number of thioether (sulfide) groups is 1. The van der Waals surface area contributed by atoms with Gasteiger partial charge in [-0.05, 0) is 23.8 Å². The molecule has 76 valence electrons. The van der Waals surface area contributed by atoms with E-state index in [1.54, 1.807) is 18.2 Å². The molecule has 1 saturated heterocycles. The van der Waals surface area contributed by atoms with Gasteiger partial charge in [0.2, 0.25) is 0 Å². The van der Waals surface area contributed by atoms with E-state index in [-0.39, 0.29) is 5.91 Å². The van der Waals surface area contributed by atoms with Gasteiger partial charge in [0.25, 0.3) is 5.91 Å². The molecule has 1 fully saturated rings. The molecule has 1 aromatic rings. The van der Waals surface area contributed by atoms with Crippen molar-refractivity contribution < 1.29 is 4.79 Å². The largest absolute Gasteiger partial charge is 0.307 e. The summed E-state index contributed by atoms with van der Waals surface area (Å²) in [6, 6.07) is 7.27. The molecular weight excluding hydrogens is 250 g/mol. The fourth-order valence-electron chi connectivity index (χ4n) is 1.13. The summed E-state index contributed by atoms with van der Waals surface area (Å²) in [6.07, 6.45) is 1.79. The van der Waals surface area contributed by atoms with Gasteiger partial charge in [-0.3, -0.25) is 4.79 Å². The van der Waals surface area contributed by atoms with Crippen molar-refractivity contribution in [2.45, 2.75) is 0 Å². The molecule has 0 saturated carbocycles. The molecule has 0 spiro atoms. The molecule has 1 aliphatic heterocycles. The number of nitrogens with one attached hydrogen (secondary N) is 1. The molecule has 0 radical (unpaired) electrons. The average molecular weight is 256 g/mol. The minimum atomic E-state index is -0.139. The molecule has 1 N–H and O–H groups in total. The molecule has 1 heterocycles. The highest BCUT2D eigenvalue weighted by atomic mass is 35.5. The number of halogens is 1. The highest BCUT2D eigenvalue weighted by Gasteiger charge is 2.21. The normalized spacial score (nSPS) is 18.3. The maximum atomic E-state index is 11.3. The summed E-state index contributed by atoms with van der Waals surface area (Å²) in [5.41, 5.74) is 0.932. The molecular formula is C10H6ClNOS2. The van der Waals surface area contributed by atoms with E-state index >= 15 is 0 Å². The number of benzene rings is 1. The Labute approximate surface area is 102 Å². The number of carbonyl (C=O) groups excluding carboxylic acids is 1. The van der Waals surface area contributed by atoms with Crippen molar-refractivity contribution in [1.82, 2.24) is 5.32 Å². The number of amides is 1. The van der Waals surface area contributed by atoms with Gasteiger partial charge >= 0.3 is 0 Å². The minimum absolute atomic E-state index is 0.139. The van der Waals surface area contributed by atoms with E-state index in [1.165, 1.54) is 11.8 Å². The van der Waals surface area contributed by atoms with E-state index in [0.717, 1.165) is 5.56 Å². The second-order valence-corrected chi connectivity index (χ2v) is 5.06. The molecule has 5 heteroatoms. The Morgan fingerprint density at radius 3 is 2.53 bits per heavy atom. The number of hydrogen-bond acceptors (Lipinski definition) is 3. The maximum Gasteiger partial charge on any atom is 0.263 e. The summed E-state index contributed by atoms with van der Waals surface area (Å²) in [7, 11) is 0. The van der Waals surface area contributed by atoms with Crippen molar-refractivity contribution in [3.8, 4) is 0 Å². The molecule has 0 aromatic heterocycles. The summed E-state index contributed by atoms with van der Waals surface area (Å²) >= 11 is 11.9. The second-order valence-electron chi connectivity index (χ2n) is 2.90. The summed E-state index contributed by atoms with van der Waals surface area (Å²) in [5.74, 6) is -0.139. The van der Waals surface area contributed by atoms with Crippen LogP contribution < -0.4 is 5.32 Å². The van der Waals surface area contributed by atoms with E-state index in [1.807, 2.05) is 12.1 Å². The van der Waals surface area contributed by atoms with Crippen LogP contribution >= 0.6 is 35.6 Å². The molecule has 0 atom stereocenters. The first-order valence-corrected chi connectivity index (χ1v) is 5.76. The molecule has 0 bridgehead atoms. The Bertz CT molecular complexity index is 453. The Balaban J connectivity index is 2.27. The van der Waals surface area contributed by atoms with Crippen molar-refractivity contribution >= 4 is 51.9 Å². The summed E-state index contributed by atoms with van der Waals surface area (Å²) in [4.78, 5) is 12.0. The molecule has 1 aromatic carbocycles. The summed E-state index contributed by atoms with van der Waals surface area (Å²) in [6.45, 7) is 0. The zero-order valence-electron chi connectivity index (χ0n) is 7.49. The first-order valence-electron chi connectivity index (χ1n) is 4.15. The van der Waals surface area contributed by atoms with Crippen LogP contribution in [-0.4, -0.2) is 10.2 Å². The van der Waals surface area contributed by atoms with E-state index in [0.29, 0.717) is 14.2 Å². The van der Waals surface area contributed by atoms with E-state index in [4.69, 9.17) is 23.8 Å². The van der Waals surface area contributed by atoms with Crippen molar-refractivity contribution in [2.24, 2.45) is 0 Å². The predicted octanol–water partition coefficient (Wildman–Crippen LogP) is 2.83. The molecule has 2 nitrogen and oxygen atoms in total. The SMILES string of the molecule is O=C1NC(=S)S/C1=C/c1ccc(Cl)cc1. The van der Waals surface area contributed by atoms with Gasteiger partial charge in [0.1, 0.15) is 4.32 Å². The van der Waals surface area contributed by atoms with Gasteiger partial charge in [0, 0.05) is 5.02 Å². The van der Waals surface area contributed by atoms with E-state index in [9.17, 15) is 4.79 Å². The van der Waals surface area contributed by atoms with Crippen LogP contribution in [0.3, 0.4) is 0 Å². The lowest BCUT2D eigenvalue weighted by atomic mass is 10.2. The Morgan fingerprint density at radius 2 is 2.00 bits per heavy atom.